The SMILES string of the molecule is Cc1ccc(Cl)cc1-c1ccc2onc(N)c2c1. The van der Waals surface area contributed by atoms with Gasteiger partial charge in [-0.05, 0) is 47.9 Å². The van der Waals surface area contributed by atoms with Gasteiger partial charge in [-0.3, -0.25) is 0 Å². The molecule has 2 N–H and O–H groups in total. The van der Waals surface area contributed by atoms with Crippen LogP contribution in [0.15, 0.2) is 40.9 Å². The first-order valence-electron chi connectivity index (χ1n) is 5.56. The van der Waals surface area contributed by atoms with Crippen LogP contribution in [0.5, 0.6) is 0 Å². The first-order valence-corrected chi connectivity index (χ1v) is 5.94. The number of nitrogens with zero attached hydrogens (tertiary/aromatic N) is 1. The number of rotatable bonds is 1. The number of nitrogen functional groups attached to an aromatic ring is 1. The molecule has 0 fully saturated rings. The highest BCUT2D eigenvalue weighted by Gasteiger charge is 2.08. The maximum Gasteiger partial charge on any atom is 0.174 e. The van der Waals surface area contributed by atoms with Gasteiger partial charge in [0.15, 0.2) is 11.4 Å². The summed E-state index contributed by atoms with van der Waals surface area (Å²) in [5, 5.41) is 5.29. The molecule has 3 nitrogen and oxygen atoms in total. The molecule has 0 bridgehead atoms. The van der Waals surface area contributed by atoms with Crippen molar-refractivity contribution >= 4 is 28.4 Å². The van der Waals surface area contributed by atoms with Crippen molar-refractivity contribution in [2.24, 2.45) is 0 Å². The summed E-state index contributed by atoms with van der Waals surface area (Å²) in [5.74, 6) is 0.409. The van der Waals surface area contributed by atoms with Crippen LogP contribution in [0.2, 0.25) is 5.02 Å². The Morgan fingerprint density at radius 3 is 2.83 bits per heavy atom. The van der Waals surface area contributed by atoms with E-state index in [1.54, 1.807) is 0 Å². The quantitative estimate of drug-likeness (QED) is 0.717. The van der Waals surface area contributed by atoms with Gasteiger partial charge in [0.1, 0.15) is 0 Å². The number of aromatic nitrogens is 1. The van der Waals surface area contributed by atoms with E-state index in [9.17, 15) is 0 Å². The van der Waals surface area contributed by atoms with Gasteiger partial charge in [0.05, 0.1) is 5.39 Å². The standard InChI is InChI=1S/C14H11ClN2O/c1-8-2-4-10(15)7-11(8)9-3-5-13-12(6-9)14(16)17-18-13/h2-7H,1H3,(H2,16,17). The van der Waals surface area contributed by atoms with Crippen molar-refractivity contribution in [3.05, 3.63) is 47.0 Å². The van der Waals surface area contributed by atoms with Gasteiger partial charge in [-0.15, -0.1) is 0 Å². The molecule has 1 aromatic heterocycles. The molecule has 0 amide bonds. The van der Waals surface area contributed by atoms with Crippen LogP contribution in [0.25, 0.3) is 22.1 Å². The second-order valence-corrected chi connectivity index (χ2v) is 4.67. The zero-order chi connectivity index (χ0) is 12.7. The average Bonchev–Trinajstić information content (AvgIpc) is 2.74. The third kappa shape index (κ3) is 1.73. The van der Waals surface area contributed by atoms with Crippen molar-refractivity contribution < 1.29 is 4.52 Å². The van der Waals surface area contributed by atoms with E-state index in [0.29, 0.717) is 16.4 Å². The molecule has 3 rings (SSSR count). The minimum atomic E-state index is 0.409. The van der Waals surface area contributed by atoms with Crippen molar-refractivity contribution in [2.45, 2.75) is 6.92 Å². The number of benzene rings is 2. The summed E-state index contributed by atoms with van der Waals surface area (Å²) in [4.78, 5) is 0. The average molecular weight is 259 g/mol. The number of hydrogen-bond acceptors (Lipinski definition) is 3. The number of hydrogen-bond donors (Lipinski definition) is 1. The molecule has 18 heavy (non-hydrogen) atoms. The Morgan fingerprint density at radius 1 is 1.17 bits per heavy atom. The third-order valence-electron chi connectivity index (χ3n) is 3.01. The largest absolute Gasteiger partial charge is 0.380 e. The highest BCUT2D eigenvalue weighted by molar-refractivity contribution is 6.30. The van der Waals surface area contributed by atoms with Gasteiger partial charge in [0, 0.05) is 5.02 Å². The molecule has 0 aliphatic carbocycles. The van der Waals surface area contributed by atoms with E-state index in [1.165, 1.54) is 0 Å². The van der Waals surface area contributed by atoms with Crippen molar-refractivity contribution in [3.8, 4) is 11.1 Å². The van der Waals surface area contributed by atoms with Crippen LogP contribution in [-0.4, -0.2) is 5.16 Å². The predicted molar refractivity (Wildman–Crippen MR) is 73.6 cm³/mol. The van der Waals surface area contributed by atoms with Gasteiger partial charge in [-0.25, -0.2) is 0 Å². The van der Waals surface area contributed by atoms with Gasteiger partial charge < -0.3 is 10.3 Å². The minimum Gasteiger partial charge on any atom is -0.380 e. The Labute approximate surface area is 109 Å². The lowest BCUT2D eigenvalue weighted by Gasteiger charge is -2.06. The predicted octanol–water partition coefficient (Wildman–Crippen LogP) is 4.04. The van der Waals surface area contributed by atoms with Crippen molar-refractivity contribution in [3.63, 3.8) is 0 Å². The summed E-state index contributed by atoms with van der Waals surface area (Å²) in [6.45, 7) is 2.05. The summed E-state index contributed by atoms with van der Waals surface area (Å²) in [6, 6.07) is 11.6. The molecular formula is C14H11ClN2O. The molecule has 0 radical (unpaired) electrons. The number of fused-ring (bicyclic) bond motifs is 1. The van der Waals surface area contributed by atoms with Gasteiger partial charge in [0.2, 0.25) is 0 Å². The van der Waals surface area contributed by atoms with Gasteiger partial charge in [0.25, 0.3) is 0 Å². The highest BCUT2D eigenvalue weighted by Crippen LogP contribution is 2.30. The highest BCUT2D eigenvalue weighted by atomic mass is 35.5. The molecular weight excluding hydrogens is 248 g/mol. The second-order valence-electron chi connectivity index (χ2n) is 4.24. The van der Waals surface area contributed by atoms with E-state index in [2.05, 4.69) is 5.16 Å². The van der Waals surface area contributed by atoms with Gasteiger partial charge in [-0.1, -0.05) is 28.9 Å². The second kappa shape index (κ2) is 4.03. The van der Waals surface area contributed by atoms with Crippen molar-refractivity contribution in [1.29, 1.82) is 0 Å². The molecule has 0 spiro atoms. The number of anilines is 1. The third-order valence-corrected chi connectivity index (χ3v) is 3.24. The lowest BCUT2D eigenvalue weighted by molar-refractivity contribution is 0.460. The zero-order valence-electron chi connectivity index (χ0n) is 9.77. The lowest BCUT2D eigenvalue weighted by atomic mass is 9.99. The topological polar surface area (TPSA) is 52.0 Å². The molecule has 4 heteroatoms. The first kappa shape index (κ1) is 11.1. The monoisotopic (exact) mass is 258 g/mol. The van der Waals surface area contributed by atoms with Crippen LogP contribution in [0.4, 0.5) is 5.82 Å². The molecule has 0 unspecified atom stereocenters. The normalized spacial score (nSPS) is 11.0. The molecule has 0 saturated carbocycles. The van der Waals surface area contributed by atoms with E-state index >= 15 is 0 Å². The summed E-state index contributed by atoms with van der Waals surface area (Å²) in [7, 11) is 0. The molecule has 0 atom stereocenters. The van der Waals surface area contributed by atoms with Crippen LogP contribution in [0.3, 0.4) is 0 Å². The molecule has 2 aromatic carbocycles. The van der Waals surface area contributed by atoms with Gasteiger partial charge in [-0.2, -0.15) is 0 Å². The Hall–Kier alpha value is -2.00. The fraction of sp³-hybridized carbons (Fsp3) is 0.0714. The first-order chi connectivity index (χ1) is 8.65. The maximum atomic E-state index is 6.04. The fourth-order valence-corrected chi connectivity index (χ4v) is 2.20. The molecule has 3 aromatic rings. The summed E-state index contributed by atoms with van der Waals surface area (Å²) in [5.41, 5.74) is 9.75. The Morgan fingerprint density at radius 2 is 2.00 bits per heavy atom. The van der Waals surface area contributed by atoms with Crippen LogP contribution >= 0.6 is 11.6 Å². The van der Waals surface area contributed by atoms with Crippen LogP contribution in [0, 0.1) is 6.92 Å². The molecule has 0 aliphatic heterocycles. The Kier molecular flexibility index (Phi) is 2.49. The number of nitrogens with two attached hydrogens (primary N) is 1. The van der Waals surface area contributed by atoms with Crippen molar-refractivity contribution in [1.82, 2.24) is 5.16 Å². The van der Waals surface area contributed by atoms with E-state index in [0.717, 1.165) is 22.1 Å². The summed E-state index contributed by atoms with van der Waals surface area (Å²) in [6.07, 6.45) is 0. The fourth-order valence-electron chi connectivity index (χ4n) is 2.03. The maximum absolute atomic E-state index is 6.04. The molecule has 0 aliphatic rings. The van der Waals surface area contributed by atoms with E-state index < -0.39 is 0 Å². The molecule has 1 heterocycles. The zero-order valence-corrected chi connectivity index (χ0v) is 10.5. The van der Waals surface area contributed by atoms with E-state index in [-0.39, 0.29) is 0 Å². The Balaban J connectivity index is 2.24. The smallest absolute Gasteiger partial charge is 0.174 e. The minimum absolute atomic E-state index is 0.409. The number of aryl methyl sites for hydroxylation is 1. The van der Waals surface area contributed by atoms with Crippen molar-refractivity contribution in [2.75, 3.05) is 5.73 Å². The summed E-state index contributed by atoms with van der Waals surface area (Å²) < 4.78 is 5.09. The van der Waals surface area contributed by atoms with Crippen LogP contribution in [0.1, 0.15) is 5.56 Å². The van der Waals surface area contributed by atoms with Crippen LogP contribution < -0.4 is 5.73 Å². The molecule has 0 saturated heterocycles. The van der Waals surface area contributed by atoms with Gasteiger partial charge >= 0.3 is 0 Å². The number of halogens is 1. The van der Waals surface area contributed by atoms with E-state index in [1.807, 2.05) is 43.3 Å². The Bertz CT molecular complexity index is 734. The molecule has 90 valence electrons. The summed E-state index contributed by atoms with van der Waals surface area (Å²) >= 11 is 6.04. The van der Waals surface area contributed by atoms with Crippen LogP contribution in [-0.2, 0) is 0 Å². The lowest BCUT2D eigenvalue weighted by Crippen LogP contribution is -1.86. The van der Waals surface area contributed by atoms with E-state index in [4.69, 9.17) is 21.9 Å².